The van der Waals surface area contributed by atoms with Crippen LogP contribution in [0.3, 0.4) is 0 Å². The third-order valence-corrected chi connectivity index (χ3v) is 3.76. The summed E-state index contributed by atoms with van der Waals surface area (Å²) in [7, 11) is 0. The number of anilines is 1. The molecule has 0 unspecified atom stereocenters. The Morgan fingerprint density at radius 3 is 2.95 bits per heavy atom. The van der Waals surface area contributed by atoms with E-state index in [9.17, 15) is 4.79 Å². The summed E-state index contributed by atoms with van der Waals surface area (Å²) in [5.74, 6) is -0.169. The van der Waals surface area contributed by atoms with Crippen LogP contribution in [0.15, 0.2) is 42.0 Å². The number of aromatic carboxylic acids is 1. The standard InChI is InChI=1S/C14H11N3O2S/c18-14(19)9-1-4-15-10(7-9)8-17-13-11-3-6-20-12(11)2-5-16-13/h1-7H,8H2,(H,16,17)(H,18,19). The van der Waals surface area contributed by atoms with Gasteiger partial charge in [0.25, 0.3) is 0 Å². The summed E-state index contributed by atoms with van der Waals surface area (Å²) in [6.07, 6.45) is 3.25. The maximum Gasteiger partial charge on any atom is 0.335 e. The number of nitrogens with one attached hydrogen (secondary N) is 1. The van der Waals surface area contributed by atoms with Crippen molar-refractivity contribution in [2.24, 2.45) is 0 Å². The number of carboxylic acids is 1. The van der Waals surface area contributed by atoms with Gasteiger partial charge < -0.3 is 10.4 Å². The van der Waals surface area contributed by atoms with E-state index in [1.165, 1.54) is 12.3 Å². The summed E-state index contributed by atoms with van der Waals surface area (Å²) in [4.78, 5) is 19.4. The van der Waals surface area contributed by atoms with Gasteiger partial charge in [0.2, 0.25) is 0 Å². The largest absolute Gasteiger partial charge is 0.478 e. The zero-order chi connectivity index (χ0) is 13.9. The molecule has 0 bridgehead atoms. The lowest BCUT2D eigenvalue weighted by Crippen LogP contribution is -2.05. The van der Waals surface area contributed by atoms with Gasteiger partial charge in [0.15, 0.2) is 0 Å². The second kappa shape index (κ2) is 5.26. The number of thiophene rings is 1. The van der Waals surface area contributed by atoms with Crippen molar-refractivity contribution in [1.29, 1.82) is 0 Å². The molecular formula is C14H11N3O2S. The Morgan fingerprint density at radius 1 is 1.25 bits per heavy atom. The van der Waals surface area contributed by atoms with Crippen LogP contribution in [0, 0.1) is 0 Å². The molecule has 2 N–H and O–H groups in total. The number of hydrogen-bond donors (Lipinski definition) is 2. The van der Waals surface area contributed by atoms with E-state index in [0.717, 1.165) is 15.9 Å². The molecule has 0 atom stereocenters. The van der Waals surface area contributed by atoms with Crippen molar-refractivity contribution in [3.05, 3.63) is 53.3 Å². The lowest BCUT2D eigenvalue weighted by atomic mass is 10.2. The minimum absolute atomic E-state index is 0.235. The smallest absolute Gasteiger partial charge is 0.335 e. The Kier molecular flexibility index (Phi) is 3.30. The van der Waals surface area contributed by atoms with Crippen molar-refractivity contribution < 1.29 is 9.90 Å². The number of fused-ring (bicyclic) bond motifs is 1. The molecule has 20 heavy (non-hydrogen) atoms. The average Bonchev–Trinajstić information content (AvgIpc) is 2.94. The third kappa shape index (κ3) is 2.46. The van der Waals surface area contributed by atoms with Gasteiger partial charge in [-0.2, -0.15) is 0 Å². The zero-order valence-electron chi connectivity index (χ0n) is 10.4. The molecule has 3 heterocycles. The van der Waals surface area contributed by atoms with Crippen LogP contribution in [0.4, 0.5) is 5.82 Å². The Balaban J connectivity index is 1.81. The minimum Gasteiger partial charge on any atom is -0.478 e. The van der Waals surface area contributed by atoms with Crippen LogP contribution < -0.4 is 5.32 Å². The summed E-state index contributed by atoms with van der Waals surface area (Å²) < 4.78 is 1.16. The molecule has 0 aliphatic heterocycles. The molecule has 0 aliphatic carbocycles. The Morgan fingerprint density at radius 2 is 2.10 bits per heavy atom. The number of carbonyl (C=O) groups is 1. The number of rotatable bonds is 4. The van der Waals surface area contributed by atoms with E-state index in [0.29, 0.717) is 12.2 Å². The number of hydrogen-bond acceptors (Lipinski definition) is 5. The molecule has 0 fully saturated rings. The monoisotopic (exact) mass is 285 g/mol. The van der Waals surface area contributed by atoms with Crippen molar-refractivity contribution in [2.45, 2.75) is 6.54 Å². The van der Waals surface area contributed by atoms with Crippen LogP contribution >= 0.6 is 11.3 Å². The molecule has 100 valence electrons. The lowest BCUT2D eigenvalue weighted by molar-refractivity contribution is 0.0696. The van der Waals surface area contributed by atoms with Crippen LogP contribution in [-0.2, 0) is 6.54 Å². The molecule has 0 saturated carbocycles. The summed E-state index contributed by atoms with van der Waals surface area (Å²) in [6.45, 7) is 0.434. The van der Waals surface area contributed by atoms with E-state index in [1.807, 2.05) is 17.5 Å². The fourth-order valence-corrected chi connectivity index (χ4v) is 2.70. The summed E-state index contributed by atoms with van der Waals surface area (Å²) in [5, 5.41) is 15.2. The summed E-state index contributed by atoms with van der Waals surface area (Å²) in [6, 6.07) is 7.01. The maximum absolute atomic E-state index is 10.9. The van der Waals surface area contributed by atoms with Crippen molar-refractivity contribution in [3.8, 4) is 0 Å². The first-order chi connectivity index (χ1) is 9.74. The highest BCUT2D eigenvalue weighted by Gasteiger charge is 2.06. The topological polar surface area (TPSA) is 75.1 Å². The fourth-order valence-electron chi connectivity index (χ4n) is 1.92. The first-order valence-corrected chi connectivity index (χ1v) is 6.86. The van der Waals surface area contributed by atoms with E-state index in [4.69, 9.17) is 5.11 Å². The van der Waals surface area contributed by atoms with Crippen LogP contribution in [0.25, 0.3) is 10.1 Å². The first-order valence-electron chi connectivity index (χ1n) is 5.98. The Hall–Kier alpha value is -2.47. The molecule has 3 aromatic heterocycles. The molecule has 0 amide bonds. The summed E-state index contributed by atoms with van der Waals surface area (Å²) in [5.41, 5.74) is 0.900. The second-order valence-corrected chi connectivity index (χ2v) is 5.13. The van der Waals surface area contributed by atoms with Gasteiger partial charge in [-0.15, -0.1) is 11.3 Å². The molecule has 5 nitrogen and oxygen atoms in total. The Labute approximate surface area is 118 Å². The van der Waals surface area contributed by atoms with Gasteiger partial charge in [-0.25, -0.2) is 9.78 Å². The van der Waals surface area contributed by atoms with Gasteiger partial charge in [-0.05, 0) is 29.6 Å². The van der Waals surface area contributed by atoms with Crippen molar-refractivity contribution in [3.63, 3.8) is 0 Å². The molecule has 3 aromatic rings. The second-order valence-electron chi connectivity index (χ2n) is 4.19. The quantitative estimate of drug-likeness (QED) is 0.770. The van der Waals surface area contributed by atoms with E-state index in [1.54, 1.807) is 23.6 Å². The van der Waals surface area contributed by atoms with Crippen LogP contribution in [0.1, 0.15) is 16.1 Å². The third-order valence-electron chi connectivity index (χ3n) is 2.88. The molecule has 0 aliphatic rings. The lowest BCUT2D eigenvalue weighted by Gasteiger charge is -2.06. The highest BCUT2D eigenvalue weighted by Crippen LogP contribution is 2.25. The fraction of sp³-hybridized carbons (Fsp3) is 0.0714. The zero-order valence-corrected chi connectivity index (χ0v) is 11.2. The van der Waals surface area contributed by atoms with Gasteiger partial charge in [0.1, 0.15) is 5.82 Å². The van der Waals surface area contributed by atoms with Gasteiger partial charge in [-0.1, -0.05) is 0 Å². The van der Waals surface area contributed by atoms with E-state index in [-0.39, 0.29) is 5.56 Å². The molecular weight excluding hydrogens is 274 g/mol. The van der Waals surface area contributed by atoms with Gasteiger partial charge in [0.05, 0.1) is 17.8 Å². The Bertz CT molecular complexity index is 770. The molecule has 0 saturated heterocycles. The highest BCUT2D eigenvalue weighted by molar-refractivity contribution is 7.17. The van der Waals surface area contributed by atoms with Gasteiger partial charge in [-0.3, -0.25) is 4.98 Å². The average molecular weight is 285 g/mol. The van der Waals surface area contributed by atoms with Crippen molar-refractivity contribution in [1.82, 2.24) is 9.97 Å². The minimum atomic E-state index is -0.952. The molecule has 0 spiro atoms. The normalized spacial score (nSPS) is 10.6. The molecule has 0 radical (unpaired) electrons. The van der Waals surface area contributed by atoms with Crippen molar-refractivity contribution in [2.75, 3.05) is 5.32 Å². The van der Waals surface area contributed by atoms with Crippen LogP contribution in [-0.4, -0.2) is 21.0 Å². The summed E-state index contributed by atoms with van der Waals surface area (Å²) >= 11 is 1.66. The maximum atomic E-state index is 10.9. The highest BCUT2D eigenvalue weighted by atomic mass is 32.1. The number of carboxylic acid groups (broad SMARTS) is 1. The number of pyridine rings is 2. The van der Waals surface area contributed by atoms with Crippen LogP contribution in [0.2, 0.25) is 0 Å². The van der Waals surface area contributed by atoms with Gasteiger partial charge in [0, 0.05) is 22.5 Å². The molecule has 3 rings (SSSR count). The predicted molar refractivity (Wildman–Crippen MR) is 78.1 cm³/mol. The molecule has 6 heteroatoms. The van der Waals surface area contributed by atoms with E-state index < -0.39 is 5.97 Å². The molecule has 0 aromatic carbocycles. The van der Waals surface area contributed by atoms with Crippen molar-refractivity contribution >= 4 is 33.2 Å². The predicted octanol–water partition coefficient (Wildman–Crippen LogP) is 3.00. The van der Waals surface area contributed by atoms with Gasteiger partial charge >= 0.3 is 5.97 Å². The van der Waals surface area contributed by atoms with Crippen LogP contribution in [0.5, 0.6) is 0 Å². The number of aromatic nitrogens is 2. The van der Waals surface area contributed by atoms with E-state index >= 15 is 0 Å². The SMILES string of the molecule is O=C(O)c1ccnc(CNc2nccc3sccc23)c1. The number of nitrogens with zero attached hydrogens (tertiary/aromatic N) is 2. The first kappa shape index (κ1) is 12.6. The van der Waals surface area contributed by atoms with E-state index in [2.05, 4.69) is 15.3 Å².